The molecular formula is C24H26F2N4O3. The number of carbonyl (C=O) groups is 2. The summed E-state index contributed by atoms with van der Waals surface area (Å²) in [6.07, 6.45) is 1.93. The summed E-state index contributed by atoms with van der Waals surface area (Å²) in [5, 5.41) is 7.75. The van der Waals surface area contributed by atoms with Gasteiger partial charge in [0, 0.05) is 22.8 Å². The highest BCUT2D eigenvalue weighted by Crippen LogP contribution is 2.35. The number of carbonyl (C=O) groups excluding carboxylic acids is 2. The van der Waals surface area contributed by atoms with Gasteiger partial charge in [-0.2, -0.15) is 5.10 Å². The van der Waals surface area contributed by atoms with Gasteiger partial charge < -0.3 is 10.1 Å². The van der Waals surface area contributed by atoms with Crippen LogP contribution in [-0.4, -0.2) is 33.2 Å². The fraction of sp³-hybridized carbons (Fsp3) is 0.417. The second-order valence-electron chi connectivity index (χ2n) is 8.28. The largest absolute Gasteiger partial charge is 0.466 e. The molecule has 9 heteroatoms. The fourth-order valence-corrected chi connectivity index (χ4v) is 4.27. The molecule has 1 N–H and O–H groups in total. The van der Waals surface area contributed by atoms with Crippen LogP contribution >= 0.6 is 0 Å². The summed E-state index contributed by atoms with van der Waals surface area (Å²) in [5.41, 5.74) is 0.996. The zero-order chi connectivity index (χ0) is 23.5. The van der Waals surface area contributed by atoms with Crippen LogP contribution in [-0.2, 0) is 9.53 Å². The Morgan fingerprint density at radius 3 is 2.64 bits per heavy atom. The number of ether oxygens (including phenoxy) is 1. The first kappa shape index (κ1) is 22.8. The van der Waals surface area contributed by atoms with Gasteiger partial charge in [0.1, 0.15) is 5.69 Å². The number of amides is 1. The third-order valence-corrected chi connectivity index (χ3v) is 5.99. The highest BCUT2D eigenvalue weighted by atomic mass is 19.3. The molecule has 0 aliphatic heterocycles. The molecule has 2 aromatic heterocycles. The van der Waals surface area contributed by atoms with Crippen LogP contribution in [0.3, 0.4) is 0 Å². The summed E-state index contributed by atoms with van der Waals surface area (Å²) < 4.78 is 34.4. The second-order valence-corrected chi connectivity index (χ2v) is 8.28. The fourth-order valence-electron chi connectivity index (χ4n) is 4.27. The minimum atomic E-state index is -2.78. The van der Waals surface area contributed by atoms with Crippen molar-refractivity contribution in [1.29, 1.82) is 0 Å². The van der Waals surface area contributed by atoms with E-state index in [9.17, 15) is 18.4 Å². The smallest absolute Gasteiger partial charge is 0.308 e. The van der Waals surface area contributed by atoms with Crippen LogP contribution in [0.2, 0.25) is 0 Å². The van der Waals surface area contributed by atoms with E-state index in [0.717, 1.165) is 12.8 Å². The molecule has 0 atom stereocenters. The molecule has 1 aliphatic rings. The number of hydrogen-bond donors (Lipinski definition) is 1. The van der Waals surface area contributed by atoms with Crippen molar-refractivity contribution >= 4 is 28.5 Å². The molecule has 1 aliphatic carbocycles. The number of anilines is 1. The number of rotatable bonds is 6. The zero-order valence-electron chi connectivity index (χ0n) is 18.6. The quantitative estimate of drug-likeness (QED) is 0.514. The average Bonchev–Trinajstić information content (AvgIpc) is 3.21. The highest BCUT2D eigenvalue weighted by molar-refractivity contribution is 6.04. The van der Waals surface area contributed by atoms with Crippen molar-refractivity contribution in [2.75, 3.05) is 11.9 Å². The van der Waals surface area contributed by atoms with Crippen LogP contribution in [0.4, 0.5) is 14.5 Å². The van der Waals surface area contributed by atoms with Gasteiger partial charge in [0.2, 0.25) is 0 Å². The summed E-state index contributed by atoms with van der Waals surface area (Å²) >= 11 is 0. The Kier molecular flexibility index (Phi) is 6.67. The third-order valence-electron chi connectivity index (χ3n) is 5.99. The van der Waals surface area contributed by atoms with Crippen molar-refractivity contribution < 1.29 is 23.1 Å². The van der Waals surface area contributed by atoms with Crippen LogP contribution in [0.5, 0.6) is 0 Å². The monoisotopic (exact) mass is 456 g/mol. The molecule has 0 radical (unpaired) electrons. The molecule has 2 heterocycles. The maximum absolute atomic E-state index is 13.8. The van der Waals surface area contributed by atoms with Crippen molar-refractivity contribution in [2.24, 2.45) is 5.92 Å². The topological polar surface area (TPSA) is 86.1 Å². The van der Waals surface area contributed by atoms with Crippen LogP contribution in [0.1, 0.15) is 66.8 Å². The van der Waals surface area contributed by atoms with Gasteiger partial charge in [-0.15, -0.1) is 0 Å². The Morgan fingerprint density at radius 1 is 1.21 bits per heavy atom. The molecule has 1 fully saturated rings. The summed E-state index contributed by atoms with van der Waals surface area (Å²) in [4.78, 5) is 28.7. The molecule has 174 valence electrons. The normalized spacial score (nSPS) is 18.5. The van der Waals surface area contributed by atoms with E-state index in [-0.39, 0.29) is 34.9 Å². The van der Waals surface area contributed by atoms with Crippen LogP contribution in [0.25, 0.3) is 10.9 Å². The van der Waals surface area contributed by atoms with E-state index in [1.165, 1.54) is 18.2 Å². The maximum atomic E-state index is 13.8. The van der Waals surface area contributed by atoms with E-state index in [2.05, 4.69) is 15.4 Å². The van der Waals surface area contributed by atoms with Crippen molar-refractivity contribution in [3.05, 3.63) is 53.5 Å². The van der Waals surface area contributed by atoms with Crippen LogP contribution in [0, 0.1) is 12.8 Å². The lowest BCUT2D eigenvalue weighted by molar-refractivity contribution is -0.149. The number of fused-ring (bicyclic) bond motifs is 1. The Labute approximate surface area is 190 Å². The summed E-state index contributed by atoms with van der Waals surface area (Å²) in [6.45, 7) is 3.91. The molecule has 1 saturated carbocycles. The number of aromatic nitrogens is 3. The summed E-state index contributed by atoms with van der Waals surface area (Å²) in [5.74, 6) is -0.815. The number of pyridine rings is 1. The number of nitrogens with zero attached hydrogens (tertiary/aromatic N) is 3. The van der Waals surface area contributed by atoms with Crippen molar-refractivity contribution in [1.82, 2.24) is 14.8 Å². The molecule has 0 saturated heterocycles. The van der Waals surface area contributed by atoms with Gasteiger partial charge in [0.05, 0.1) is 29.8 Å². The summed E-state index contributed by atoms with van der Waals surface area (Å²) in [6, 6.07) is 7.90. The maximum Gasteiger partial charge on any atom is 0.308 e. The Balaban J connectivity index is 1.56. The van der Waals surface area contributed by atoms with E-state index >= 15 is 0 Å². The molecule has 0 bridgehead atoms. The average molecular weight is 456 g/mol. The van der Waals surface area contributed by atoms with Crippen LogP contribution < -0.4 is 5.32 Å². The number of nitrogens with one attached hydrogen (secondary N) is 1. The Bertz CT molecular complexity index is 1170. The molecule has 1 aromatic carbocycles. The van der Waals surface area contributed by atoms with Gasteiger partial charge in [-0.1, -0.05) is 6.07 Å². The van der Waals surface area contributed by atoms with Crippen LogP contribution in [0.15, 0.2) is 36.5 Å². The number of alkyl halides is 2. The first-order valence-electron chi connectivity index (χ1n) is 11.1. The predicted molar refractivity (Wildman–Crippen MR) is 119 cm³/mol. The van der Waals surface area contributed by atoms with E-state index in [4.69, 9.17) is 4.74 Å². The lowest BCUT2D eigenvalue weighted by Gasteiger charge is -2.27. The molecule has 0 unspecified atom stereocenters. The van der Waals surface area contributed by atoms with E-state index in [1.54, 1.807) is 36.9 Å². The second kappa shape index (κ2) is 9.64. The number of halogens is 2. The highest BCUT2D eigenvalue weighted by Gasteiger charge is 2.29. The summed E-state index contributed by atoms with van der Waals surface area (Å²) in [7, 11) is 0. The lowest BCUT2D eigenvalue weighted by atomic mass is 9.86. The number of benzene rings is 1. The predicted octanol–water partition coefficient (Wildman–Crippen LogP) is 5.22. The van der Waals surface area contributed by atoms with Gasteiger partial charge in [-0.3, -0.25) is 14.3 Å². The van der Waals surface area contributed by atoms with Crippen molar-refractivity contribution in [2.45, 2.75) is 52.0 Å². The Hall–Kier alpha value is -3.36. The van der Waals surface area contributed by atoms with E-state index in [0.29, 0.717) is 36.0 Å². The third kappa shape index (κ3) is 5.02. The van der Waals surface area contributed by atoms with Gasteiger partial charge >= 0.3 is 5.97 Å². The van der Waals surface area contributed by atoms with E-state index < -0.39 is 12.3 Å². The standard InChI is InChI=1S/C24H26F2N4O3/c1-3-33-24(32)15-7-9-17(10-8-15)30-13-16-11-21(18(22(25)26)12-20(16)29-30)28-23(31)19-6-4-5-14(2)27-19/h4-6,11-13,15,17,22H,3,7-10H2,1-2H3,(H,28,31). The van der Waals surface area contributed by atoms with Crippen molar-refractivity contribution in [3.8, 4) is 0 Å². The van der Waals surface area contributed by atoms with Gasteiger partial charge in [0.25, 0.3) is 12.3 Å². The first-order chi connectivity index (χ1) is 15.9. The van der Waals surface area contributed by atoms with Crippen molar-refractivity contribution in [3.63, 3.8) is 0 Å². The molecule has 3 aromatic rings. The molecule has 33 heavy (non-hydrogen) atoms. The number of esters is 1. The molecule has 7 nitrogen and oxygen atoms in total. The van der Waals surface area contributed by atoms with Gasteiger partial charge in [0.15, 0.2) is 0 Å². The molecular weight excluding hydrogens is 430 g/mol. The lowest BCUT2D eigenvalue weighted by Crippen LogP contribution is -2.25. The minimum Gasteiger partial charge on any atom is -0.466 e. The molecule has 4 rings (SSSR count). The number of hydrogen-bond acceptors (Lipinski definition) is 5. The number of aryl methyl sites for hydroxylation is 1. The van der Waals surface area contributed by atoms with Gasteiger partial charge in [-0.25, -0.2) is 13.8 Å². The zero-order valence-corrected chi connectivity index (χ0v) is 18.6. The molecule has 1 amide bonds. The van der Waals surface area contributed by atoms with Gasteiger partial charge in [-0.05, 0) is 63.8 Å². The SMILES string of the molecule is CCOC(=O)C1CCC(n2cc3cc(NC(=O)c4cccc(C)n4)c(C(F)F)cc3n2)CC1. The minimum absolute atomic E-state index is 0.0383. The molecule has 0 spiro atoms. The van der Waals surface area contributed by atoms with E-state index in [1.807, 2.05) is 0 Å². The first-order valence-corrected chi connectivity index (χ1v) is 11.1. The Morgan fingerprint density at radius 2 is 1.97 bits per heavy atom.